The topological polar surface area (TPSA) is 60.5 Å². The molecule has 2 saturated heterocycles. The SMILES string of the molecule is CN(CC1CN(C(=O)C2CCNCC2)CCN1)C1CCCc2cccnc21. The number of nitrogens with zero attached hydrogens (tertiary/aromatic N) is 3. The van der Waals surface area contributed by atoms with Gasteiger partial charge >= 0.3 is 0 Å². The van der Waals surface area contributed by atoms with Gasteiger partial charge < -0.3 is 15.5 Å². The molecule has 27 heavy (non-hydrogen) atoms. The van der Waals surface area contributed by atoms with Gasteiger partial charge in [0.15, 0.2) is 0 Å². The molecule has 148 valence electrons. The monoisotopic (exact) mass is 371 g/mol. The van der Waals surface area contributed by atoms with Crippen LogP contribution in [0.5, 0.6) is 0 Å². The van der Waals surface area contributed by atoms with E-state index in [0.29, 0.717) is 18.0 Å². The minimum absolute atomic E-state index is 0.220. The number of likely N-dealkylation sites (N-methyl/N-ethyl adjacent to an activating group) is 1. The second-order valence-corrected chi connectivity index (χ2v) is 8.35. The van der Waals surface area contributed by atoms with E-state index in [-0.39, 0.29) is 5.92 Å². The van der Waals surface area contributed by atoms with Gasteiger partial charge in [0.05, 0.1) is 11.7 Å². The minimum atomic E-state index is 0.220. The molecular formula is C21H33N5O. The Bertz CT molecular complexity index is 645. The predicted molar refractivity (Wildman–Crippen MR) is 107 cm³/mol. The molecule has 6 heteroatoms. The number of amides is 1. The van der Waals surface area contributed by atoms with E-state index in [2.05, 4.69) is 38.5 Å². The molecule has 2 fully saturated rings. The molecule has 3 heterocycles. The molecule has 2 unspecified atom stereocenters. The van der Waals surface area contributed by atoms with E-state index in [9.17, 15) is 4.79 Å². The summed E-state index contributed by atoms with van der Waals surface area (Å²) in [4.78, 5) is 22.1. The summed E-state index contributed by atoms with van der Waals surface area (Å²) in [6.45, 7) is 5.47. The number of fused-ring (bicyclic) bond motifs is 1. The van der Waals surface area contributed by atoms with E-state index in [0.717, 1.165) is 58.5 Å². The molecule has 0 spiro atoms. The molecule has 0 saturated carbocycles. The van der Waals surface area contributed by atoms with Crippen LogP contribution in [0.15, 0.2) is 18.3 Å². The van der Waals surface area contributed by atoms with E-state index >= 15 is 0 Å². The number of piperidine rings is 1. The summed E-state index contributed by atoms with van der Waals surface area (Å²) in [5.41, 5.74) is 2.66. The standard InChI is InChI=1S/C21H33N5O/c1-25(19-6-2-4-16-5-3-9-24-20(16)19)14-18-15-26(13-12-23-18)21(27)17-7-10-22-11-8-17/h3,5,9,17-19,22-23H,2,4,6-8,10-15H2,1H3. The van der Waals surface area contributed by atoms with Crippen molar-refractivity contribution in [3.05, 3.63) is 29.6 Å². The van der Waals surface area contributed by atoms with Crippen molar-refractivity contribution in [1.82, 2.24) is 25.4 Å². The van der Waals surface area contributed by atoms with E-state index in [1.54, 1.807) is 0 Å². The Morgan fingerprint density at radius 1 is 1.30 bits per heavy atom. The molecule has 1 aromatic rings. The van der Waals surface area contributed by atoms with Gasteiger partial charge in [-0.05, 0) is 63.9 Å². The molecule has 1 amide bonds. The number of hydrogen-bond donors (Lipinski definition) is 2. The average Bonchev–Trinajstić information content (AvgIpc) is 2.73. The van der Waals surface area contributed by atoms with E-state index in [4.69, 9.17) is 0 Å². The molecule has 4 rings (SSSR count). The number of aromatic nitrogens is 1. The van der Waals surface area contributed by atoms with Gasteiger partial charge in [0.1, 0.15) is 0 Å². The van der Waals surface area contributed by atoms with Crippen LogP contribution in [0.4, 0.5) is 0 Å². The summed E-state index contributed by atoms with van der Waals surface area (Å²) in [5.74, 6) is 0.590. The van der Waals surface area contributed by atoms with E-state index in [1.807, 2.05) is 12.3 Å². The lowest BCUT2D eigenvalue weighted by atomic mass is 9.91. The molecule has 1 aliphatic carbocycles. The molecule has 0 radical (unpaired) electrons. The van der Waals surface area contributed by atoms with Gasteiger partial charge in [0.25, 0.3) is 0 Å². The third-order valence-electron chi connectivity index (χ3n) is 6.46. The zero-order valence-corrected chi connectivity index (χ0v) is 16.5. The smallest absolute Gasteiger partial charge is 0.225 e. The fraction of sp³-hybridized carbons (Fsp3) is 0.714. The van der Waals surface area contributed by atoms with Crippen molar-refractivity contribution in [2.75, 3.05) is 46.3 Å². The minimum Gasteiger partial charge on any atom is -0.340 e. The Hall–Kier alpha value is -1.50. The molecule has 6 nitrogen and oxygen atoms in total. The molecule has 1 aromatic heterocycles. The van der Waals surface area contributed by atoms with Gasteiger partial charge in [-0.2, -0.15) is 0 Å². The number of piperazine rings is 1. The average molecular weight is 372 g/mol. The summed E-state index contributed by atoms with van der Waals surface area (Å²) in [7, 11) is 2.21. The van der Waals surface area contributed by atoms with E-state index < -0.39 is 0 Å². The van der Waals surface area contributed by atoms with Crippen molar-refractivity contribution in [1.29, 1.82) is 0 Å². The highest BCUT2D eigenvalue weighted by molar-refractivity contribution is 5.79. The van der Waals surface area contributed by atoms with Gasteiger partial charge in [-0.15, -0.1) is 0 Å². The van der Waals surface area contributed by atoms with Gasteiger partial charge in [-0.25, -0.2) is 0 Å². The number of hydrogen-bond acceptors (Lipinski definition) is 5. The lowest BCUT2D eigenvalue weighted by molar-refractivity contribution is -0.137. The number of carbonyl (C=O) groups is 1. The van der Waals surface area contributed by atoms with Crippen LogP contribution in [-0.4, -0.2) is 73.0 Å². The quantitative estimate of drug-likeness (QED) is 0.833. The first-order valence-electron chi connectivity index (χ1n) is 10.6. The molecule has 2 atom stereocenters. The van der Waals surface area contributed by atoms with E-state index in [1.165, 1.54) is 24.1 Å². The largest absolute Gasteiger partial charge is 0.340 e. The number of pyridine rings is 1. The Morgan fingerprint density at radius 3 is 3.00 bits per heavy atom. The van der Waals surface area contributed by atoms with Gasteiger partial charge in [0, 0.05) is 44.3 Å². The summed E-state index contributed by atoms with van der Waals surface area (Å²) >= 11 is 0. The van der Waals surface area contributed by atoms with Crippen molar-refractivity contribution < 1.29 is 4.79 Å². The van der Waals surface area contributed by atoms with Gasteiger partial charge in [0.2, 0.25) is 5.91 Å². The number of nitrogens with one attached hydrogen (secondary N) is 2. The highest BCUT2D eigenvalue weighted by Crippen LogP contribution is 2.32. The van der Waals surface area contributed by atoms with Crippen LogP contribution < -0.4 is 10.6 Å². The zero-order valence-electron chi connectivity index (χ0n) is 16.5. The van der Waals surface area contributed by atoms with Crippen LogP contribution >= 0.6 is 0 Å². The van der Waals surface area contributed by atoms with Crippen LogP contribution in [-0.2, 0) is 11.2 Å². The first-order chi connectivity index (χ1) is 13.2. The Balaban J connectivity index is 1.36. The second kappa shape index (κ2) is 8.67. The van der Waals surface area contributed by atoms with Crippen molar-refractivity contribution >= 4 is 5.91 Å². The highest BCUT2D eigenvalue weighted by atomic mass is 16.2. The summed E-state index contributed by atoms with van der Waals surface area (Å²) in [6, 6.07) is 5.00. The summed E-state index contributed by atoms with van der Waals surface area (Å²) in [5, 5.41) is 6.99. The lowest BCUT2D eigenvalue weighted by Gasteiger charge is -2.40. The first kappa shape index (κ1) is 18.8. The highest BCUT2D eigenvalue weighted by Gasteiger charge is 2.31. The summed E-state index contributed by atoms with van der Waals surface area (Å²) in [6.07, 6.45) is 7.43. The number of rotatable bonds is 4. The summed E-state index contributed by atoms with van der Waals surface area (Å²) < 4.78 is 0. The molecule has 0 bridgehead atoms. The third kappa shape index (κ3) is 4.33. The maximum absolute atomic E-state index is 12.9. The second-order valence-electron chi connectivity index (χ2n) is 8.35. The maximum Gasteiger partial charge on any atom is 0.225 e. The van der Waals surface area contributed by atoms with Crippen molar-refractivity contribution in [2.24, 2.45) is 5.92 Å². The normalized spacial score (nSPS) is 26.8. The molecule has 0 aromatic carbocycles. The Labute approximate surface area is 162 Å². The van der Waals surface area contributed by atoms with Crippen LogP contribution in [0.1, 0.15) is 43.0 Å². The molecule has 2 aliphatic heterocycles. The molecule has 2 N–H and O–H groups in total. The van der Waals surface area contributed by atoms with Crippen LogP contribution in [0.2, 0.25) is 0 Å². The lowest BCUT2D eigenvalue weighted by Crippen LogP contribution is -2.57. The maximum atomic E-state index is 12.9. The Kier molecular flexibility index (Phi) is 6.05. The zero-order chi connectivity index (χ0) is 18.6. The fourth-order valence-corrected chi connectivity index (χ4v) is 4.96. The molecular weight excluding hydrogens is 338 g/mol. The van der Waals surface area contributed by atoms with Crippen molar-refractivity contribution in [3.8, 4) is 0 Å². The van der Waals surface area contributed by atoms with Gasteiger partial charge in [-0.3, -0.25) is 14.7 Å². The predicted octanol–water partition coefficient (Wildman–Crippen LogP) is 1.19. The third-order valence-corrected chi connectivity index (χ3v) is 6.46. The van der Waals surface area contributed by atoms with Crippen LogP contribution in [0, 0.1) is 5.92 Å². The first-order valence-corrected chi connectivity index (χ1v) is 10.6. The van der Waals surface area contributed by atoms with Crippen LogP contribution in [0.3, 0.4) is 0 Å². The number of aryl methyl sites for hydroxylation is 1. The fourth-order valence-electron chi connectivity index (χ4n) is 4.96. The van der Waals surface area contributed by atoms with Crippen molar-refractivity contribution in [3.63, 3.8) is 0 Å². The molecule has 3 aliphatic rings. The van der Waals surface area contributed by atoms with Crippen molar-refractivity contribution in [2.45, 2.75) is 44.2 Å². The Morgan fingerprint density at radius 2 is 2.15 bits per heavy atom. The van der Waals surface area contributed by atoms with Crippen LogP contribution in [0.25, 0.3) is 0 Å². The van der Waals surface area contributed by atoms with Gasteiger partial charge in [-0.1, -0.05) is 6.07 Å². The number of carbonyl (C=O) groups excluding carboxylic acids is 1.